The average molecular weight is 283 g/mol. The van der Waals surface area contributed by atoms with Crippen molar-refractivity contribution in [2.45, 2.75) is 13.3 Å². The number of rotatable bonds is 3. The van der Waals surface area contributed by atoms with Gasteiger partial charge in [0.25, 0.3) is 0 Å². The number of halogens is 1. The van der Waals surface area contributed by atoms with Crippen LogP contribution in [-0.2, 0) is 16.0 Å². The molecule has 0 fully saturated rings. The molecule has 0 bridgehead atoms. The number of ether oxygens (including phenoxy) is 1. The quantitative estimate of drug-likeness (QED) is 0.811. The Labute approximate surface area is 101 Å². The number of hydrogen-bond donors (Lipinski definition) is 0. The highest BCUT2D eigenvalue weighted by molar-refractivity contribution is 9.10. The van der Waals surface area contributed by atoms with Crippen LogP contribution in [0, 0.1) is 0 Å². The monoisotopic (exact) mass is 282 g/mol. The molecule has 0 aliphatic rings. The van der Waals surface area contributed by atoms with Crippen molar-refractivity contribution in [3.63, 3.8) is 0 Å². The summed E-state index contributed by atoms with van der Waals surface area (Å²) in [5.41, 5.74) is 1.81. The first-order chi connectivity index (χ1) is 7.70. The Morgan fingerprint density at radius 2 is 2.38 bits per heavy atom. The Kier molecular flexibility index (Phi) is 3.24. The van der Waals surface area contributed by atoms with Crippen molar-refractivity contribution in [1.29, 1.82) is 0 Å². The van der Waals surface area contributed by atoms with Crippen LogP contribution in [0.15, 0.2) is 29.0 Å². The van der Waals surface area contributed by atoms with E-state index in [1.165, 1.54) is 0 Å². The molecule has 0 saturated heterocycles. The molecule has 2 rings (SSSR count). The summed E-state index contributed by atoms with van der Waals surface area (Å²) in [6, 6.07) is 3.84. The largest absolute Gasteiger partial charge is 0.466 e. The lowest BCUT2D eigenvalue weighted by molar-refractivity contribution is -0.142. The lowest BCUT2D eigenvalue weighted by atomic mass is 10.2. The van der Waals surface area contributed by atoms with Crippen LogP contribution in [0.25, 0.3) is 5.52 Å². The van der Waals surface area contributed by atoms with E-state index in [1.807, 2.05) is 18.3 Å². The molecule has 2 aromatic rings. The number of esters is 1. The Morgan fingerprint density at radius 3 is 3.12 bits per heavy atom. The minimum atomic E-state index is -0.222. The first kappa shape index (κ1) is 11.1. The molecule has 2 heterocycles. The first-order valence-electron chi connectivity index (χ1n) is 4.98. The molecule has 0 amide bonds. The lowest BCUT2D eigenvalue weighted by Gasteiger charge is -2.00. The van der Waals surface area contributed by atoms with Crippen LogP contribution in [-0.4, -0.2) is 22.2 Å². The maximum absolute atomic E-state index is 11.4. The molecular weight excluding hydrogens is 272 g/mol. The van der Waals surface area contributed by atoms with E-state index < -0.39 is 0 Å². The van der Waals surface area contributed by atoms with E-state index in [4.69, 9.17) is 4.74 Å². The van der Waals surface area contributed by atoms with Crippen molar-refractivity contribution in [2.24, 2.45) is 0 Å². The smallest absolute Gasteiger partial charge is 0.310 e. The van der Waals surface area contributed by atoms with Gasteiger partial charge in [0, 0.05) is 16.2 Å². The number of hydrogen-bond acceptors (Lipinski definition) is 3. The van der Waals surface area contributed by atoms with Crippen LogP contribution in [0.2, 0.25) is 0 Å². The van der Waals surface area contributed by atoms with Crippen molar-refractivity contribution in [1.82, 2.24) is 9.61 Å². The molecule has 0 spiro atoms. The summed E-state index contributed by atoms with van der Waals surface area (Å²) in [7, 11) is 0. The fraction of sp³-hybridized carbons (Fsp3) is 0.273. The van der Waals surface area contributed by atoms with Gasteiger partial charge in [-0.25, -0.2) is 4.52 Å². The van der Waals surface area contributed by atoms with E-state index in [0.29, 0.717) is 6.61 Å². The first-order valence-corrected chi connectivity index (χ1v) is 5.77. The van der Waals surface area contributed by atoms with E-state index in [2.05, 4.69) is 21.0 Å². The Hall–Kier alpha value is -1.36. The normalized spacial score (nSPS) is 10.6. The van der Waals surface area contributed by atoms with Crippen LogP contribution in [0.4, 0.5) is 0 Å². The Morgan fingerprint density at radius 1 is 1.56 bits per heavy atom. The number of nitrogens with zero attached hydrogens (tertiary/aromatic N) is 2. The highest BCUT2D eigenvalue weighted by Gasteiger charge is 2.09. The van der Waals surface area contributed by atoms with Gasteiger partial charge < -0.3 is 4.74 Å². The number of aromatic nitrogens is 2. The van der Waals surface area contributed by atoms with Crippen LogP contribution in [0.3, 0.4) is 0 Å². The van der Waals surface area contributed by atoms with E-state index in [1.54, 1.807) is 17.6 Å². The van der Waals surface area contributed by atoms with Gasteiger partial charge in [-0.1, -0.05) is 0 Å². The Bertz CT molecular complexity index is 522. The second-order valence-electron chi connectivity index (χ2n) is 3.33. The molecule has 2 aromatic heterocycles. The molecule has 16 heavy (non-hydrogen) atoms. The number of pyridine rings is 1. The lowest BCUT2D eigenvalue weighted by Crippen LogP contribution is -2.07. The topological polar surface area (TPSA) is 43.6 Å². The summed E-state index contributed by atoms with van der Waals surface area (Å²) in [6.45, 7) is 2.20. The second-order valence-corrected chi connectivity index (χ2v) is 4.24. The highest BCUT2D eigenvalue weighted by Crippen LogP contribution is 2.16. The molecule has 0 unspecified atom stereocenters. The summed E-state index contributed by atoms with van der Waals surface area (Å²) in [6.07, 6.45) is 3.81. The van der Waals surface area contributed by atoms with Crippen molar-refractivity contribution < 1.29 is 9.53 Å². The molecule has 84 valence electrons. The molecule has 0 atom stereocenters. The summed E-state index contributed by atoms with van der Waals surface area (Å²) < 4.78 is 7.59. The summed E-state index contributed by atoms with van der Waals surface area (Å²) in [5, 5.41) is 4.17. The maximum Gasteiger partial charge on any atom is 0.310 e. The highest BCUT2D eigenvalue weighted by atomic mass is 79.9. The third-order valence-electron chi connectivity index (χ3n) is 2.20. The number of carbonyl (C=O) groups excluding carboxylic acids is 1. The van der Waals surface area contributed by atoms with Crippen LogP contribution in [0.1, 0.15) is 12.5 Å². The molecular formula is C11H11BrN2O2. The predicted molar refractivity (Wildman–Crippen MR) is 63.2 cm³/mol. The molecule has 0 N–H and O–H groups in total. The zero-order chi connectivity index (χ0) is 11.5. The number of carbonyl (C=O) groups is 1. The van der Waals surface area contributed by atoms with Crippen LogP contribution >= 0.6 is 15.9 Å². The fourth-order valence-corrected chi connectivity index (χ4v) is 1.84. The third-order valence-corrected chi connectivity index (χ3v) is 2.67. The van der Waals surface area contributed by atoms with E-state index in [0.717, 1.165) is 15.6 Å². The molecule has 5 heteroatoms. The third kappa shape index (κ3) is 2.24. The number of fused-ring (bicyclic) bond motifs is 1. The van der Waals surface area contributed by atoms with Gasteiger partial charge in [-0.3, -0.25) is 4.79 Å². The maximum atomic E-state index is 11.4. The van der Waals surface area contributed by atoms with Gasteiger partial charge in [-0.05, 0) is 35.0 Å². The Balaban J connectivity index is 2.28. The molecule has 4 nitrogen and oxygen atoms in total. The standard InChI is InChI=1S/C11H11BrN2O2/c1-2-16-11(15)5-8-6-13-14-7-9(12)3-4-10(8)14/h3-4,6-7H,2,5H2,1H3. The summed E-state index contributed by atoms with van der Waals surface area (Å²) in [5.74, 6) is -0.222. The van der Waals surface area contributed by atoms with Gasteiger partial charge in [0.1, 0.15) is 0 Å². The van der Waals surface area contributed by atoms with Crippen molar-refractivity contribution in [2.75, 3.05) is 6.61 Å². The predicted octanol–water partition coefficient (Wildman–Crippen LogP) is 2.20. The average Bonchev–Trinajstić information content (AvgIpc) is 2.61. The second kappa shape index (κ2) is 4.65. The van der Waals surface area contributed by atoms with Gasteiger partial charge in [-0.15, -0.1) is 0 Å². The molecule has 0 radical (unpaired) electrons. The zero-order valence-corrected chi connectivity index (χ0v) is 10.4. The summed E-state index contributed by atoms with van der Waals surface area (Å²) >= 11 is 3.36. The minimum absolute atomic E-state index is 0.222. The SMILES string of the molecule is CCOC(=O)Cc1cnn2cc(Br)ccc12. The molecule has 0 aromatic carbocycles. The van der Waals surface area contributed by atoms with Gasteiger partial charge in [0.05, 0.1) is 24.7 Å². The zero-order valence-electron chi connectivity index (χ0n) is 8.81. The van der Waals surface area contributed by atoms with Crippen LogP contribution in [0.5, 0.6) is 0 Å². The van der Waals surface area contributed by atoms with E-state index >= 15 is 0 Å². The molecule has 0 aliphatic heterocycles. The summed E-state index contributed by atoms with van der Waals surface area (Å²) in [4.78, 5) is 11.4. The van der Waals surface area contributed by atoms with Gasteiger partial charge in [0.15, 0.2) is 0 Å². The van der Waals surface area contributed by atoms with E-state index in [-0.39, 0.29) is 12.4 Å². The van der Waals surface area contributed by atoms with Gasteiger partial charge in [-0.2, -0.15) is 5.10 Å². The van der Waals surface area contributed by atoms with Gasteiger partial charge >= 0.3 is 5.97 Å². The van der Waals surface area contributed by atoms with Crippen molar-refractivity contribution in [3.8, 4) is 0 Å². The molecule has 0 aliphatic carbocycles. The van der Waals surface area contributed by atoms with Gasteiger partial charge in [0.2, 0.25) is 0 Å². The minimum Gasteiger partial charge on any atom is -0.466 e. The van der Waals surface area contributed by atoms with Crippen molar-refractivity contribution in [3.05, 3.63) is 34.6 Å². The van der Waals surface area contributed by atoms with Crippen LogP contribution < -0.4 is 0 Å². The fourth-order valence-electron chi connectivity index (χ4n) is 1.52. The molecule has 0 saturated carbocycles. The van der Waals surface area contributed by atoms with Crippen molar-refractivity contribution >= 4 is 27.4 Å². The van der Waals surface area contributed by atoms with E-state index in [9.17, 15) is 4.79 Å².